The summed E-state index contributed by atoms with van der Waals surface area (Å²) in [7, 11) is 1.71. The maximum Gasteiger partial charge on any atom is 0.335 e. The van der Waals surface area contributed by atoms with Crippen LogP contribution in [0.5, 0.6) is 0 Å². The van der Waals surface area contributed by atoms with Gasteiger partial charge < -0.3 is 15.7 Å². The molecule has 5 heteroatoms. The first kappa shape index (κ1) is 17.2. The van der Waals surface area contributed by atoms with Crippen LogP contribution in [0.25, 0.3) is 0 Å². The number of nitrogens with two attached hydrogens (primary N) is 1. The molecule has 0 aromatic heterocycles. The number of hydrogen-bond donors (Lipinski definition) is 2. The van der Waals surface area contributed by atoms with Gasteiger partial charge in [0.15, 0.2) is 0 Å². The summed E-state index contributed by atoms with van der Waals surface area (Å²) in [5, 5.41) is 9.12. The molecule has 116 valence electrons. The zero-order chi connectivity index (χ0) is 15.8. The minimum Gasteiger partial charge on any atom is -0.478 e. The van der Waals surface area contributed by atoms with Crippen LogP contribution < -0.4 is 5.73 Å². The molecule has 1 aromatic rings. The van der Waals surface area contributed by atoms with Gasteiger partial charge in [0.1, 0.15) is 0 Å². The third-order valence-corrected chi connectivity index (χ3v) is 3.53. The van der Waals surface area contributed by atoms with Crippen molar-refractivity contribution < 1.29 is 14.7 Å². The molecule has 0 unspecified atom stereocenters. The fourth-order valence-corrected chi connectivity index (χ4v) is 2.18. The number of carbonyl (C=O) groups excluding carboxylic acids is 1. The Morgan fingerprint density at radius 3 is 2.62 bits per heavy atom. The Morgan fingerprint density at radius 1 is 1.33 bits per heavy atom. The molecule has 0 spiro atoms. The van der Waals surface area contributed by atoms with Gasteiger partial charge in [-0.25, -0.2) is 4.79 Å². The Morgan fingerprint density at radius 2 is 2.00 bits per heavy atom. The molecular weight excluding hydrogens is 268 g/mol. The van der Waals surface area contributed by atoms with E-state index in [0.717, 1.165) is 18.4 Å². The topological polar surface area (TPSA) is 83.6 Å². The second-order valence-electron chi connectivity index (χ2n) is 5.22. The van der Waals surface area contributed by atoms with Crippen molar-refractivity contribution in [2.24, 2.45) is 5.73 Å². The highest BCUT2D eigenvalue weighted by molar-refractivity contribution is 5.89. The van der Waals surface area contributed by atoms with Crippen molar-refractivity contribution in [1.29, 1.82) is 0 Å². The minimum absolute atomic E-state index is 0.0868. The van der Waals surface area contributed by atoms with Crippen molar-refractivity contribution in [3.05, 3.63) is 35.4 Å². The smallest absolute Gasteiger partial charge is 0.335 e. The second-order valence-corrected chi connectivity index (χ2v) is 5.22. The summed E-state index contributed by atoms with van der Waals surface area (Å²) >= 11 is 0. The van der Waals surface area contributed by atoms with Crippen molar-refractivity contribution >= 4 is 11.9 Å². The molecule has 0 radical (unpaired) electrons. The summed E-state index contributed by atoms with van der Waals surface area (Å²) in [4.78, 5) is 24.8. The molecule has 5 nitrogen and oxygen atoms in total. The number of carboxylic acids is 1. The number of carbonyl (C=O) groups is 2. The zero-order valence-electron chi connectivity index (χ0n) is 12.7. The fraction of sp³-hybridized carbons (Fsp3) is 0.500. The van der Waals surface area contributed by atoms with Gasteiger partial charge in [-0.1, -0.05) is 38.0 Å². The predicted octanol–water partition coefficient (Wildman–Crippen LogP) is 1.90. The van der Waals surface area contributed by atoms with Gasteiger partial charge in [-0.05, 0) is 24.5 Å². The molecule has 3 N–H and O–H groups in total. The summed E-state index contributed by atoms with van der Waals surface area (Å²) in [5.74, 6) is -1.03. The average Bonchev–Trinajstić information content (AvgIpc) is 2.49. The van der Waals surface area contributed by atoms with Gasteiger partial charge in [0.2, 0.25) is 5.91 Å². The number of amides is 1. The van der Waals surface area contributed by atoms with Crippen LogP contribution in [0.3, 0.4) is 0 Å². The van der Waals surface area contributed by atoms with Crippen LogP contribution in [0.4, 0.5) is 0 Å². The first-order chi connectivity index (χ1) is 9.97. The molecule has 0 aliphatic heterocycles. The number of aromatic carboxylic acids is 1. The molecule has 0 saturated carbocycles. The van der Waals surface area contributed by atoms with E-state index in [0.29, 0.717) is 19.4 Å². The zero-order valence-corrected chi connectivity index (χ0v) is 12.7. The van der Waals surface area contributed by atoms with Crippen LogP contribution in [0.15, 0.2) is 24.3 Å². The predicted molar refractivity (Wildman–Crippen MR) is 82.2 cm³/mol. The number of likely N-dealkylation sites (N-methyl/N-ethyl adjacent to an activating group) is 1. The Bertz CT molecular complexity index is 488. The Labute approximate surface area is 125 Å². The van der Waals surface area contributed by atoms with E-state index in [2.05, 4.69) is 6.92 Å². The highest BCUT2D eigenvalue weighted by atomic mass is 16.4. The maximum atomic E-state index is 12.1. The summed E-state index contributed by atoms with van der Waals surface area (Å²) < 4.78 is 0. The van der Waals surface area contributed by atoms with Crippen LogP contribution in [-0.4, -0.2) is 41.5 Å². The maximum absolute atomic E-state index is 12.1. The van der Waals surface area contributed by atoms with E-state index in [-0.39, 0.29) is 11.5 Å². The average molecular weight is 292 g/mol. The molecule has 0 fully saturated rings. The van der Waals surface area contributed by atoms with E-state index in [1.165, 1.54) is 0 Å². The molecule has 0 saturated heterocycles. The van der Waals surface area contributed by atoms with Gasteiger partial charge in [0.25, 0.3) is 0 Å². The van der Waals surface area contributed by atoms with Crippen LogP contribution in [-0.2, 0) is 11.2 Å². The third-order valence-electron chi connectivity index (χ3n) is 3.53. The summed E-state index contributed by atoms with van der Waals surface area (Å²) in [6.45, 7) is 2.52. The lowest BCUT2D eigenvalue weighted by Gasteiger charge is -2.21. The lowest BCUT2D eigenvalue weighted by atomic mass is 10.0. The minimum atomic E-state index is -0.945. The van der Waals surface area contributed by atoms with Gasteiger partial charge in [-0.3, -0.25) is 4.79 Å². The van der Waals surface area contributed by atoms with Crippen molar-refractivity contribution in [1.82, 2.24) is 4.90 Å². The van der Waals surface area contributed by atoms with E-state index >= 15 is 0 Å². The number of nitrogens with zero attached hydrogens (tertiary/aromatic N) is 1. The molecule has 1 atom stereocenters. The molecule has 21 heavy (non-hydrogen) atoms. The van der Waals surface area contributed by atoms with Gasteiger partial charge in [0, 0.05) is 13.6 Å². The monoisotopic (exact) mass is 292 g/mol. The van der Waals surface area contributed by atoms with Gasteiger partial charge in [-0.15, -0.1) is 0 Å². The molecule has 1 amide bonds. The summed E-state index contributed by atoms with van der Waals surface area (Å²) in [5.41, 5.74) is 6.88. The molecule has 1 rings (SSSR count). The summed E-state index contributed by atoms with van der Waals surface area (Å²) in [6, 6.07) is 6.38. The molecule has 0 bridgehead atoms. The number of rotatable bonds is 8. The van der Waals surface area contributed by atoms with Gasteiger partial charge >= 0.3 is 5.97 Å². The summed E-state index contributed by atoms with van der Waals surface area (Å²) in [6.07, 6.45) is 3.13. The lowest BCUT2D eigenvalue weighted by Crippen LogP contribution is -2.42. The largest absolute Gasteiger partial charge is 0.478 e. The van der Waals surface area contributed by atoms with E-state index in [1.54, 1.807) is 36.2 Å². The van der Waals surface area contributed by atoms with Crippen molar-refractivity contribution in [3.8, 4) is 0 Å². The Kier molecular flexibility index (Phi) is 6.88. The van der Waals surface area contributed by atoms with E-state index < -0.39 is 12.0 Å². The highest BCUT2D eigenvalue weighted by Crippen LogP contribution is 2.10. The standard InChI is InChI=1S/C16H24N2O3/c1-3-4-9-14(17)15(19)18(2)11-10-12-7-5-6-8-13(12)16(20)21/h5-8,14H,3-4,9-11,17H2,1-2H3,(H,20,21)/t14-/m0/s1. The van der Waals surface area contributed by atoms with Crippen molar-refractivity contribution in [2.45, 2.75) is 38.6 Å². The molecule has 1 aromatic carbocycles. The van der Waals surface area contributed by atoms with Gasteiger partial charge in [0.05, 0.1) is 11.6 Å². The molecule has 0 heterocycles. The van der Waals surface area contributed by atoms with E-state index in [1.807, 2.05) is 0 Å². The van der Waals surface area contributed by atoms with Crippen molar-refractivity contribution in [3.63, 3.8) is 0 Å². The molecule has 0 aliphatic rings. The Hall–Kier alpha value is -1.88. The highest BCUT2D eigenvalue weighted by Gasteiger charge is 2.18. The number of carboxylic acid groups (broad SMARTS) is 1. The van der Waals surface area contributed by atoms with Crippen LogP contribution in [0.1, 0.15) is 42.1 Å². The first-order valence-corrected chi connectivity index (χ1v) is 7.29. The Balaban J connectivity index is 2.58. The molecule has 0 aliphatic carbocycles. The normalized spacial score (nSPS) is 12.0. The van der Waals surface area contributed by atoms with Gasteiger partial charge in [-0.2, -0.15) is 0 Å². The van der Waals surface area contributed by atoms with Crippen LogP contribution in [0.2, 0.25) is 0 Å². The van der Waals surface area contributed by atoms with Crippen molar-refractivity contribution in [2.75, 3.05) is 13.6 Å². The number of unbranched alkanes of at least 4 members (excludes halogenated alkanes) is 1. The lowest BCUT2D eigenvalue weighted by molar-refractivity contribution is -0.131. The van der Waals surface area contributed by atoms with E-state index in [9.17, 15) is 9.59 Å². The third kappa shape index (κ3) is 5.19. The second kappa shape index (κ2) is 8.42. The quantitative estimate of drug-likeness (QED) is 0.766. The SMILES string of the molecule is CCCC[C@H](N)C(=O)N(C)CCc1ccccc1C(=O)O. The van der Waals surface area contributed by atoms with Crippen LogP contribution in [0, 0.1) is 0 Å². The fourth-order valence-electron chi connectivity index (χ4n) is 2.18. The number of benzene rings is 1. The molecular formula is C16H24N2O3. The first-order valence-electron chi connectivity index (χ1n) is 7.29. The van der Waals surface area contributed by atoms with Crippen LogP contribution >= 0.6 is 0 Å². The number of hydrogen-bond acceptors (Lipinski definition) is 3. The van der Waals surface area contributed by atoms with E-state index in [4.69, 9.17) is 10.8 Å².